The molecule has 3 heterocycles. The van der Waals surface area contributed by atoms with Crippen molar-refractivity contribution in [3.63, 3.8) is 0 Å². The van der Waals surface area contributed by atoms with Crippen molar-refractivity contribution >= 4 is 5.91 Å². The zero-order chi connectivity index (χ0) is 15.5. The number of aromatic nitrogens is 4. The molecule has 1 atom stereocenters. The van der Waals surface area contributed by atoms with Crippen molar-refractivity contribution in [2.45, 2.75) is 45.1 Å². The molecule has 6 nitrogen and oxygen atoms in total. The normalized spacial score (nSPS) is 18.6. The summed E-state index contributed by atoms with van der Waals surface area (Å²) in [4.78, 5) is 14.7. The summed E-state index contributed by atoms with van der Waals surface area (Å²) in [6.07, 6.45) is 8.18. The number of aryl methyl sites for hydroxylation is 2. The Labute approximate surface area is 130 Å². The molecular weight excluding hydrogens is 278 g/mol. The molecule has 1 aliphatic heterocycles. The number of nitrogens with zero attached hydrogens (tertiary/aromatic N) is 4. The first-order chi connectivity index (χ1) is 10.7. The fourth-order valence-electron chi connectivity index (χ4n) is 3.18. The second-order valence-electron chi connectivity index (χ2n) is 5.99. The Morgan fingerprint density at radius 1 is 1.45 bits per heavy atom. The van der Waals surface area contributed by atoms with Crippen LogP contribution in [0.3, 0.4) is 0 Å². The minimum Gasteiger partial charge on any atom is -0.334 e. The molecule has 2 aromatic rings. The van der Waals surface area contributed by atoms with Gasteiger partial charge in [-0.25, -0.2) is 0 Å². The standard InChI is InChI=1S/C16H23N5O/c1-12-13(11-18-20(12)2)6-7-16(22)21-10-4-3-5-15(21)14-8-9-17-19-14/h8-9,11,15H,3-7,10H2,1-2H3,(H,17,19). The summed E-state index contributed by atoms with van der Waals surface area (Å²) in [6, 6.07) is 2.13. The zero-order valence-electron chi connectivity index (χ0n) is 13.2. The van der Waals surface area contributed by atoms with Crippen LogP contribution < -0.4 is 0 Å². The van der Waals surface area contributed by atoms with E-state index >= 15 is 0 Å². The van der Waals surface area contributed by atoms with Gasteiger partial charge in [0, 0.05) is 31.9 Å². The summed E-state index contributed by atoms with van der Waals surface area (Å²) >= 11 is 0. The minimum absolute atomic E-state index is 0.152. The van der Waals surface area contributed by atoms with Crippen LogP contribution in [0.25, 0.3) is 0 Å². The SMILES string of the molecule is Cc1c(CCC(=O)N2CCCCC2c2ccn[nH]2)cnn1C. The molecule has 2 aromatic heterocycles. The molecule has 1 fully saturated rings. The van der Waals surface area contributed by atoms with Gasteiger partial charge in [0.15, 0.2) is 0 Å². The van der Waals surface area contributed by atoms with Crippen LogP contribution in [0.1, 0.15) is 48.7 Å². The maximum absolute atomic E-state index is 12.7. The third kappa shape index (κ3) is 2.91. The van der Waals surface area contributed by atoms with Gasteiger partial charge in [0.05, 0.1) is 17.9 Å². The Kier molecular flexibility index (Phi) is 4.27. The van der Waals surface area contributed by atoms with E-state index in [4.69, 9.17) is 0 Å². The fourth-order valence-corrected chi connectivity index (χ4v) is 3.18. The molecule has 22 heavy (non-hydrogen) atoms. The number of likely N-dealkylation sites (tertiary alicyclic amines) is 1. The molecule has 0 radical (unpaired) electrons. The molecule has 0 bridgehead atoms. The third-order valence-electron chi connectivity index (χ3n) is 4.65. The third-order valence-corrected chi connectivity index (χ3v) is 4.65. The molecule has 0 saturated carbocycles. The fraction of sp³-hybridized carbons (Fsp3) is 0.562. The van der Waals surface area contributed by atoms with Gasteiger partial charge in [0.25, 0.3) is 0 Å². The lowest BCUT2D eigenvalue weighted by atomic mass is 9.98. The summed E-state index contributed by atoms with van der Waals surface area (Å²) in [5, 5.41) is 11.3. The van der Waals surface area contributed by atoms with E-state index in [1.54, 1.807) is 6.20 Å². The Balaban J connectivity index is 1.66. The number of nitrogens with one attached hydrogen (secondary N) is 1. The van der Waals surface area contributed by atoms with E-state index in [1.165, 1.54) is 0 Å². The summed E-state index contributed by atoms with van der Waals surface area (Å²) in [7, 11) is 1.93. The van der Waals surface area contributed by atoms with Gasteiger partial charge < -0.3 is 4.90 Å². The maximum Gasteiger partial charge on any atom is 0.223 e. The van der Waals surface area contributed by atoms with Crippen LogP contribution in [0.2, 0.25) is 0 Å². The Morgan fingerprint density at radius 2 is 2.32 bits per heavy atom. The lowest BCUT2D eigenvalue weighted by Gasteiger charge is -2.35. The van der Waals surface area contributed by atoms with E-state index in [2.05, 4.69) is 15.3 Å². The molecule has 118 valence electrons. The average molecular weight is 301 g/mol. The van der Waals surface area contributed by atoms with Crippen molar-refractivity contribution in [2.75, 3.05) is 6.54 Å². The Hall–Kier alpha value is -2.11. The molecule has 1 unspecified atom stereocenters. The summed E-state index contributed by atoms with van der Waals surface area (Å²) in [6.45, 7) is 2.88. The Morgan fingerprint density at radius 3 is 3.00 bits per heavy atom. The molecule has 6 heteroatoms. The molecule has 0 spiro atoms. The molecule has 0 aromatic carbocycles. The highest BCUT2D eigenvalue weighted by atomic mass is 16.2. The lowest BCUT2D eigenvalue weighted by Crippen LogP contribution is -2.38. The first kappa shape index (κ1) is 14.8. The van der Waals surface area contributed by atoms with Crippen LogP contribution >= 0.6 is 0 Å². The first-order valence-corrected chi connectivity index (χ1v) is 7.93. The van der Waals surface area contributed by atoms with Gasteiger partial charge >= 0.3 is 0 Å². The van der Waals surface area contributed by atoms with Gasteiger partial charge in [0.2, 0.25) is 5.91 Å². The van der Waals surface area contributed by atoms with Crippen molar-refractivity contribution in [2.24, 2.45) is 7.05 Å². The van der Waals surface area contributed by atoms with Crippen LogP contribution in [0, 0.1) is 6.92 Å². The number of carbonyl (C=O) groups is 1. The summed E-state index contributed by atoms with van der Waals surface area (Å²) in [5.74, 6) is 0.225. The van der Waals surface area contributed by atoms with Crippen LogP contribution in [-0.4, -0.2) is 37.3 Å². The van der Waals surface area contributed by atoms with Gasteiger partial charge in [0.1, 0.15) is 0 Å². The predicted octanol–water partition coefficient (Wildman–Crippen LogP) is 2.14. The molecule has 1 aliphatic rings. The number of carbonyl (C=O) groups excluding carboxylic acids is 1. The minimum atomic E-state index is 0.152. The smallest absolute Gasteiger partial charge is 0.223 e. The molecule has 0 aliphatic carbocycles. The van der Waals surface area contributed by atoms with Crippen LogP contribution in [0.4, 0.5) is 0 Å². The second-order valence-corrected chi connectivity index (χ2v) is 5.99. The highest BCUT2D eigenvalue weighted by Gasteiger charge is 2.28. The number of piperidine rings is 1. The van der Waals surface area contributed by atoms with E-state index in [9.17, 15) is 4.79 Å². The first-order valence-electron chi connectivity index (χ1n) is 7.93. The number of amides is 1. The second kappa shape index (κ2) is 6.34. The summed E-state index contributed by atoms with van der Waals surface area (Å²) in [5.41, 5.74) is 3.34. The maximum atomic E-state index is 12.7. The lowest BCUT2D eigenvalue weighted by molar-refractivity contribution is -0.135. The van der Waals surface area contributed by atoms with Crippen LogP contribution in [-0.2, 0) is 18.3 Å². The predicted molar refractivity (Wildman–Crippen MR) is 83.2 cm³/mol. The quantitative estimate of drug-likeness (QED) is 0.941. The topological polar surface area (TPSA) is 66.8 Å². The van der Waals surface area contributed by atoms with E-state index in [1.807, 2.05) is 35.8 Å². The number of rotatable bonds is 4. The number of aromatic amines is 1. The van der Waals surface area contributed by atoms with Gasteiger partial charge in [-0.15, -0.1) is 0 Å². The van der Waals surface area contributed by atoms with Crippen LogP contribution in [0.5, 0.6) is 0 Å². The van der Waals surface area contributed by atoms with E-state index in [0.717, 1.165) is 49.2 Å². The van der Waals surface area contributed by atoms with Crippen molar-refractivity contribution in [3.05, 3.63) is 35.4 Å². The largest absolute Gasteiger partial charge is 0.334 e. The highest BCUT2D eigenvalue weighted by molar-refractivity contribution is 5.77. The molecule has 1 N–H and O–H groups in total. The van der Waals surface area contributed by atoms with Crippen molar-refractivity contribution < 1.29 is 4.79 Å². The van der Waals surface area contributed by atoms with Crippen molar-refractivity contribution in [3.8, 4) is 0 Å². The Bertz CT molecular complexity index is 631. The van der Waals surface area contributed by atoms with E-state index in [-0.39, 0.29) is 11.9 Å². The van der Waals surface area contributed by atoms with Gasteiger partial charge in [-0.05, 0) is 44.2 Å². The summed E-state index contributed by atoms with van der Waals surface area (Å²) < 4.78 is 1.86. The number of H-pyrrole nitrogens is 1. The van der Waals surface area contributed by atoms with Gasteiger partial charge in [-0.2, -0.15) is 10.2 Å². The van der Waals surface area contributed by atoms with Crippen molar-refractivity contribution in [1.82, 2.24) is 24.9 Å². The van der Waals surface area contributed by atoms with Crippen LogP contribution in [0.15, 0.2) is 18.5 Å². The van der Waals surface area contributed by atoms with Crippen molar-refractivity contribution in [1.29, 1.82) is 0 Å². The molecule has 1 saturated heterocycles. The number of hydrogen-bond acceptors (Lipinski definition) is 3. The number of hydrogen-bond donors (Lipinski definition) is 1. The average Bonchev–Trinajstić information content (AvgIpc) is 3.17. The molecule has 1 amide bonds. The van der Waals surface area contributed by atoms with E-state index in [0.29, 0.717) is 6.42 Å². The highest BCUT2D eigenvalue weighted by Crippen LogP contribution is 2.30. The van der Waals surface area contributed by atoms with Gasteiger partial charge in [-0.3, -0.25) is 14.6 Å². The zero-order valence-corrected chi connectivity index (χ0v) is 13.2. The monoisotopic (exact) mass is 301 g/mol. The molecular formula is C16H23N5O. The molecule has 3 rings (SSSR count). The van der Waals surface area contributed by atoms with E-state index < -0.39 is 0 Å². The van der Waals surface area contributed by atoms with Gasteiger partial charge in [-0.1, -0.05) is 0 Å².